The molecule has 2 amide bonds. The van der Waals surface area contributed by atoms with Crippen molar-refractivity contribution in [1.29, 1.82) is 0 Å². The Morgan fingerprint density at radius 1 is 0.923 bits per heavy atom. The quantitative estimate of drug-likeness (QED) is 0.369. The zero-order chi connectivity index (χ0) is 29.0. The molecule has 0 aromatic heterocycles. The summed E-state index contributed by atoms with van der Waals surface area (Å²) in [5.41, 5.74) is 3.81. The van der Waals surface area contributed by atoms with Crippen molar-refractivity contribution in [3.63, 3.8) is 0 Å². The third kappa shape index (κ3) is 8.47. The molecule has 0 aliphatic heterocycles. The molecule has 39 heavy (non-hydrogen) atoms. The number of hydrogen-bond acceptors (Lipinski definition) is 6. The second kappa shape index (κ2) is 12.4. The van der Waals surface area contributed by atoms with Gasteiger partial charge in [0.1, 0.15) is 12.6 Å². The molecular weight excluding hydrogens is 516 g/mol. The summed E-state index contributed by atoms with van der Waals surface area (Å²) >= 11 is 1.48. The van der Waals surface area contributed by atoms with Crippen molar-refractivity contribution >= 4 is 29.7 Å². The molecule has 0 heterocycles. The molecule has 9 heteroatoms. The molecule has 0 saturated carbocycles. The van der Waals surface area contributed by atoms with Gasteiger partial charge in [0.05, 0.1) is 11.7 Å². The summed E-state index contributed by atoms with van der Waals surface area (Å²) in [7, 11) is 0. The lowest BCUT2D eigenvalue weighted by atomic mass is 9.98. The van der Waals surface area contributed by atoms with Crippen LogP contribution in [0, 0.1) is 0 Å². The van der Waals surface area contributed by atoms with Gasteiger partial charge in [-0.25, -0.2) is 9.59 Å². The molecule has 8 nitrogen and oxygen atoms in total. The van der Waals surface area contributed by atoms with Gasteiger partial charge in [0.25, 0.3) is 0 Å². The first-order valence-corrected chi connectivity index (χ1v) is 14.1. The number of fused-ring (bicyclic) bond motifs is 3. The SMILES string of the molecule is C[C@@H](OC(C)(C)C)[C@@H](NC(=O)[C@@H](CSC(C)(C)C)NC(=O)OCC1c2ccccc2-c2ccccc21)C(=O)O. The number of hydrogen-bond donors (Lipinski definition) is 3. The maximum absolute atomic E-state index is 13.3. The van der Waals surface area contributed by atoms with Gasteiger partial charge in [0, 0.05) is 16.4 Å². The molecule has 0 radical (unpaired) electrons. The predicted molar refractivity (Wildman–Crippen MR) is 154 cm³/mol. The number of ether oxygens (including phenoxy) is 2. The highest BCUT2D eigenvalue weighted by molar-refractivity contribution is 8.00. The van der Waals surface area contributed by atoms with Crippen molar-refractivity contribution in [2.75, 3.05) is 12.4 Å². The van der Waals surface area contributed by atoms with Gasteiger partial charge in [-0.05, 0) is 49.9 Å². The number of amides is 2. The van der Waals surface area contributed by atoms with Crippen LogP contribution < -0.4 is 10.6 Å². The minimum Gasteiger partial charge on any atom is -0.480 e. The van der Waals surface area contributed by atoms with Crippen LogP contribution in [0.3, 0.4) is 0 Å². The molecule has 0 bridgehead atoms. The van der Waals surface area contributed by atoms with Crippen molar-refractivity contribution in [3.8, 4) is 11.1 Å². The first-order chi connectivity index (χ1) is 18.2. The molecule has 212 valence electrons. The van der Waals surface area contributed by atoms with E-state index in [9.17, 15) is 19.5 Å². The molecule has 0 unspecified atom stereocenters. The molecule has 3 N–H and O–H groups in total. The number of benzene rings is 2. The van der Waals surface area contributed by atoms with E-state index < -0.39 is 41.8 Å². The highest BCUT2D eigenvalue weighted by Crippen LogP contribution is 2.44. The van der Waals surface area contributed by atoms with Gasteiger partial charge < -0.3 is 25.2 Å². The Morgan fingerprint density at radius 2 is 1.46 bits per heavy atom. The second-order valence-corrected chi connectivity index (χ2v) is 13.6. The molecular formula is C30H40N2O6S. The van der Waals surface area contributed by atoms with Crippen LogP contribution in [0.2, 0.25) is 0 Å². The Bertz CT molecular complexity index is 1140. The number of carboxylic acid groups (broad SMARTS) is 1. The number of carbonyl (C=O) groups is 3. The van der Waals surface area contributed by atoms with E-state index in [0.29, 0.717) is 0 Å². The van der Waals surface area contributed by atoms with Crippen LogP contribution in [0.5, 0.6) is 0 Å². The number of aliphatic carboxylic acids is 1. The summed E-state index contributed by atoms with van der Waals surface area (Å²) in [6.45, 7) is 13.1. The topological polar surface area (TPSA) is 114 Å². The molecule has 3 atom stereocenters. The molecule has 1 aliphatic carbocycles. The van der Waals surface area contributed by atoms with E-state index in [1.165, 1.54) is 11.8 Å². The normalized spacial score (nSPS) is 15.5. The van der Waals surface area contributed by atoms with Crippen molar-refractivity contribution < 1.29 is 29.0 Å². The molecule has 3 rings (SSSR count). The van der Waals surface area contributed by atoms with E-state index in [1.807, 2.05) is 77.9 Å². The lowest BCUT2D eigenvalue weighted by molar-refractivity contribution is -0.150. The summed E-state index contributed by atoms with van der Waals surface area (Å²) in [5.74, 6) is -1.72. The Kier molecular flexibility index (Phi) is 9.72. The van der Waals surface area contributed by atoms with Crippen LogP contribution in [0.25, 0.3) is 11.1 Å². The third-order valence-electron chi connectivity index (χ3n) is 6.21. The van der Waals surface area contributed by atoms with Gasteiger partial charge in [-0.1, -0.05) is 69.3 Å². The summed E-state index contributed by atoms with van der Waals surface area (Å²) in [6, 6.07) is 13.8. The Morgan fingerprint density at radius 3 is 1.95 bits per heavy atom. The van der Waals surface area contributed by atoms with E-state index in [2.05, 4.69) is 22.8 Å². The van der Waals surface area contributed by atoms with Crippen LogP contribution in [-0.4, -0.2) is 64.0 Å². The summed E-state index contributed by atoms with van der Waals surface area (Å²) < 4.78 is 11.2. The largest absolute Gasteiger partial charge is 0.480 e. The fourth-order valence-corrected chi connectivity index (χ4v) is 5.46. The van der Waals surface area contributed by atoms with E-state index >= 15 is 0 Å². The third-order valence-corrected chi connectivity index (χ3v) is 7.57. The monoisotopic (exact) mass is 556 g/mol. The predicted octanol–water partition coefficient (Wildman–Crippen LogP) is 5.20. The van der Waals surface area contributed by atoms with Crippen LogP contribution in [0.1, 0.15) is 65.5 Å². The maximum Gasteiger partial charge on any atom is 0.407 e. The van der Waals surface area contributed by atoms with Crippen LogP contribution in [0.4, 0.5) is 4.79 Å². The number of carboxylic acids is 1. The fourth-order valence-electron chi connectivity index (χ4n) is 4.56. The maximum atomic E-state index is 13.3. The Balaban J connectivity index is 1.71. The number of rotatable bonds is 10. The lowest BCUT2D eigenvalue weighted by Crippen LogP contribution is -2.56. The van der Waals surface area contributed by atoms with Gasteiger partial charge in [-0.3, -0.25) is 4.79 Å². The average Bonchev–Trinajstić information content (AvgIpc) is 3.15. The summed E-state index contributed by atoms with van der Waals surface area (Å²) in [6.07, 6.45) is -1.53. The number of nitrogens with one attached hydrogen (secondary N) is 2. The number of alkyl carbamates (subject to hydrolysis) is 1. The minimum atomic E-state index is -1.29. The lowest BCUT2D eigenvalue weighted by Gasteiger charge is -2.30. The van der Waals surface area contributed by atoms with E-state index in [4.69, 9.17) is 9.47 Å². The Labute approximate surface area is 235 Å². The summed E-state index contributed by atoms with van der Waals surface area (Å²) in [4.78, 5) is 38.2. The van der Waals surface area contributed by atoms with Gasteiger partial charge in [-0.15, -0.1) is 0 Å². The van der Waals surface area contributed by atoms with Crippen molar-refractivity contribution in [2.45, 2.75) is 82.9 Å². The van der Waals surface area contributed by atoms with Crippen LogP contribution >= 0.6 is 11.8 Å². The zero-order valence-corrected chi connectivity index (χ0v) is 24.6. The highest BCUT2D eigenvalue weighted by atomic mass is 32.2. The van der Waals surface area contributed by atoms with E-state index in [-0.39, 0.29) is 23.0 Å². The first-order valence-electron chi connectivity index (χ1n) is 13.1. The van der Waals surface area contributed by atoms with Crippen molar-refractivity contribution in [1.82, 2.24) is 10.6 Å². The van der Waals surface area contributed by atoms with Crippen LogP contribution in [0.15, 0.2) is 48.5 Å². The number of thioether (sulfide) groups is 1. The summed E-state index contributed by atoms with van der Waals surface area (Å²) in [5, 5.41) is 15.0. The molecule has 0 spiro atoms. The molecule has 0 fully saturated rings. The molecule has 1 aliphatic rings. The van der Waals surface area contributed by atoms with Gasteiger partial charge in [0.15, 0.2) is 6.04 Å². The smallest absolute Gasteiger partial charge is 0.407 e. The minimum absolute atomic E-state index is 0.106. The van der Waals surface area contributed by atoms with Gasteiger partial charge in [0.2, 0.25) is 5.91 Å². The van der Waals surface area contributed by atoms with Gasteiger partial charge in [-0.2, -0.15) is 11.8 Å². The van der Waals surface area contributed by atoms with E-state index in [0.717, 1.165) is 22.3 Å². The second-order valence-electron chi connectivity index (χ2n) is 11.7. The van der Waals surface area contributed by atoms with Crippen LogP contribution in [-0.2, 0) is 19.1 Å². The zero-order valence-electron chi connectivity index (χ0n) is 23.7. The fraction of sp³-hybridized carbons (Fsp3) is 0.500. The molecule has 0 saturated heterocycles. The standard InChI is InChI=1S/C30H40N2O6S/c1-18(38-29(2,3)4)25(27(34)35)32-26(33)24(17-39-30(5,6)7)31-28(36)37-16-23-21-14-10-8-12-19(21)20-13-9-11-15-22(20)23/h8-15,18,23-25H,16-17H2,1-7H3,(H,31,36)(H,32,33)(H,34,35)/t18-,24-,25-/m1/s1. The molecule has 2 aromatic carbocycles. The Hall–Kier alpha value is -3.04. The highest BCUT2D eigenvalue weighted by Gasteiger charge is 2.34. The van der Waals surface area contributed by atoms with Crippen molar-refractivity contribution in [3.05, 3.63) is 59.7 Å². The molecule has 2 aromatic rings. The van der Waals surface area contributed by atoms with Gasteiger partial charge >= 0.3 is 12.1 Å². The van der Waals surface area contributed by atoms with Crippen molar-refractivity contribution in [2.24, 2.45) is 0 Å². The van der Waals surface area contributed by atoms with E-state index in [1.54, 1.807) is 6.92 Å². The average molecular weight is 557 g/mol. The first kappa shape index (κ1) is 30.5. The number of carbonyl (C=O) groups excluding carboxylic acids is 2.